The van der Waals surface area contributed by atoms with E-state index in [1.165, 1.54) is 38.6 Å². The van der Waals surface area contributed by atoms with Crippen LogP contribution in [0.25, 0.3) is 0 Å². The summed E-state index contributed by atoms with van der Waals surface area (Å²) in [5, 5.41) is 3.44. The Hall–Kier alpha value is -0.0800. The van der Waals surface area contributed by atoms with Gasteiger partial charge in [0, 0.05) is 13.2 Å². The van der Waals surface area contributed by atoms with Crippen molar-refractivity contribution >= 4 is 0 Å². The summed E-state index contributed by atoms with van der Waals surface area (Å²) in [6, 6.07) is 0. The van der Waals surface area contributed by atoms with Crippen LogP contribution < -0.4 is 5.32 Å². The largest absolute Gasteiger partial charge is 0.380 e. The number of hydrogen-bond acceptors (Lipinski definition) is 2. The maximum absolute atomic E-state index is 5.45. The molecule has 0 atom stereocenters. The van der Waals surface area contributed by atoms with Gasteiger partial charge in [-0.1, -0.05) is 19.8 Å². The molecular weight excluding hydrogens is 162 g/mol. The zero-order chi connectivity index (χ0) is 9.36. The van der Waals surface area contributed by atoms with Crippen molar-refractivity contribution in [2.45, 2.75) is 39.0 Å². The first-order chi connectivity index (χ1) is 6.43. The van der Waals surface area contributed by atoms with Crippen molar-refractivity contribution in [3.8, 4) is 0 Å². The highest BCUT2D eigenvalue weighted by atomic mass is 16.5. The topological polar surface area (TPSA) is 21.3 Å². The molecular formula is C11H23NO. The summed E-state index contributed by atoms with van der Waals surface area (Å²) in [5.74, 6) is 0.968. The second-order valence-corrected chi connectivity index (χ2v) is 3.97. The first-order valence-electron chi connectivity index (χ1n) is 5.72. The molecule has 1 fully saturated rings. The van der Waals surface area contributed by atoms with E-state index in [1.54, 1.807) is 0 Å². The van der Waals surface area contributed by atoms with Gasteiger partial charge in [0.1, 0.15) is 0 Å². The second-order valence-electron chi connectivity index (χ2n) is 3.97. The smallest absolute Gasteiger partial charge is 0.0590 e. The molecule has 0 bridgehead atoms. The lowest BCUT2D eigenvalue weighted by molar-refractivity contribution is 0.131. The molecule has 1 aliphatic rings. The van der Waals surface area contributed by atoms with Gasteiger partial charge in [0.05, 0.1) is 6.61 Å². The van der Waals surface area contributed by atoms with Crippen LogP contribution in [0, 0.1) is 5.92 Å². The Morgan fingerprint density at radius 2 is 2.15 bits per heavy atom. The fraction of sp³-hybridized carbons (Fsp3) is 1.00. The van der Waals surface area contributed by atoms with Crippen molar-refractivity contribution in [3.05, 3.63) is 0 Å². The Morgan fingerprint density at radius 1 is 1.31 bits per heavy atom. The van der Waals surface area contributed by atoms with Crippen LogP contribution in [0.4, 0.5) is 0 Å². The first kappa shape index (κ1) is 11.0. The monoisotopic (exact) mass is 185 g/mol. The molecule has 0 unspecified atom stereocenters. The first-order valence-corrected chi connectivity index (χ1v) is 5.72. The molecule has 0 amide bonds. The minimum absolute atomic E-state index is 0.882. The van der Waals surface area contributed by atoms with E-state index in [4.69, 9.17) is 4.74 Å². The summed E-state index contributed by atoms with van der Waals surface area (Å²) in [5.41, 5.74) is 0. The number of rotatable bonds is 8. The van der Waals surface area contributed by atoms with Gasteiger partial charge in [0.15, 0.2) is 0 Å². The van der Waals surface area contributed by atoms with Gasteiger partial charge in [-0.05, 0) is 31.7 Å². The molecule has 0 aliphatic heterocycles. The molecule has 0 aromatic heterocycles. The quantitative estimate of drug-likeness (QED) is 0.585. The summed E-state index contributed by atoms with van der Waals surface area (Å²) >= 11 is 0. The average Bonchev–Trinajstić information content (AvgIpc) is 2.07. The predicted octanol–water partition coefficient (Wildman–Crippen LogP) is 2.19. The lowest BCUT2D eigenvalue weighted by atomic mass is 9.85. The van der Waals surface area contributed by atoms with Gasteiger partial charge in [-0.15, -0.1) is 0 Å². The fourth-order valence-corrected chi connectivity index (χ4v) is 1.50. The lowest BCUT2D eigenvalue weighted by Crippen LogP contribution is -2.29. The minimum atomic E-state index is 0.882. The van der Waals surface area contributed by atoms with Gasteiger partial charge >= 0.3 is 0 Å². The van der Waals surface area contributed by atoms with Crippen molar-refractivity contribution in [3.63, 3.8) is 0 Å². The van der Waals surface area contributed by atoms with Crippen LogP contribution in [0.1, 0.15) is 39.0 Å². The molecule has 2 nitrogen and oxygen atoms in total. The van der Waals surface area contributed by atoms with Crippen molar-refractivity contribution < 1.29 is 4.74 Å². The van der Waals surface area contributed by atoms with E-state index in [-0.39, 0.29) is 0 Å². The van der Waals surface area contributed by atoms with Gasteiger partial charge in [0.2, 0.25) is 0 Å². The molecule has 2 heteroatoms. The zero-order valence-corrected chi connectivity index (χ0v) is 8.85. The Morgan fingerprint density at radius 3 is 2.77 bits per heavy atom. The normalized spacial score (nSPS) is 17.3. The van der Waals surface area contributed by atoms with Gasteiger partial charge in [-0.25, -0.2) is 0 Å². The van der Waals surface area contributed by atoms with Crippen molar-refractivity contribution in [2.24, 2.45) is 5.92 Å². The van der Waals surface area contributed by atoms with Gasteiger partial charge < -0.3 is 10.1 Å². The highest BCUT2D eigenvalue weighted by molar-refractivity contribution is 4.71. The molecule has 0 heterocycles. The molecule has 0 aromatic carbocycles. The molecule has 13 heavy (non-hydrogen) atoms. The molecule has 0 radical (unpaired) electrons. The van der Waals surface area contributed by atoms with E-state index in [1.807, 2.05) is 0 Å². The minimum Gasteiger partial charge on any atom is -0.380 e. The van der Waals surface area contributed by atoms with E-state index < -0.39 is 0 Å². The van der Waals surface area contributed by atoms with Gasteiger partial charge in [-0.3, -0.25) is 0 Å². The number of ether oxygens (including phenoxy) is 1. The van der Waals surface area contributed by atoms with E-state index in [0.717, 1.165) is 25.7 Å². The molecule has 1 N–H and O–H groups in total. The van der Waals surface area contributed by atoms with Crippen molar-refractivity contribution in [1.82, 2.24) is 5.32 Å². The Bertz CT molecular complexity index is 113. The second kappa shape index (κ2) is 7.34. The molecule has 0 saturated heterocycles. The molecule has 1 rings (SSSR count). The fourth-order valence-electron chi connectivity index (χ4n) is 1.50. The van der Waals surface area contributed by atoms with E-state index >= 15 is 0 Å². The van der Waals surface area contributed by atoms with Crippen LogP contribution in [-0.2, 0) is 4.74 Å². The summed E-state index contributed by atoms with van der Waals surface area (Å²) < 4.78 is 5.45. The van der Waals surface area contributed by atoms with Crippen molar-refractivity contribution in [2.75, 3.05) is 26.3 Å². The third-order valence-electron chi connectivity index (χ3n) is 2.72. The van der Waals surface area contributed by atoms with Crippen LogP contribution in [-0.4, -0.2) is 26.3 Å². The van der Waals surface area contributed by atoms with Crippen LogP contribution >= 0.6 is 0 Å². The van der Waals surface area contributed by atoms with Gasteiger partial charge in [-0.2, -0.15) is 0 Å². The van der Waals surface area contributed by atoms with E-state index in [9.17, 15) is 0 Å². The SMILES string of the molecule is CCCCOCCNCC1CCC1. The lowest BCUT2D eigenvalue weighted by Gasteiger charge is -2.25. The molecule has 1 saturated carbocycles. The van der Waals surface area contributed by atoms with Gasteiger partial charge in [0.25, 0.3) is 0 Å². The van der Waals surface area contributed by atoms with Crippen LogP contribution in [0.5, 0.6) is 0 Å². The van der Waals surface area contributed by atoms with Crippen molar-refractivity contribution in [1.29, 1.82) is 0 Å². The van der Waals surface area contributed by atoms with Crippen LogP contribution in [0.2, 0.25) is 0 Å². The maximum atomic E-state index is 5.45. The molecule has 0 spiro atoms. The summed E-state index contributed by atoms with van der Waals surface area (Å²) in [6.07, 6.45) is 6.74. The zero-order valence-electron chi connectivity index (χ0n) is 8.85. The Balaban J connectivity index is 1.68. The predicted molar refractivity (Wildman–Crippen MR) is 55.9 cm³/mol. The summed E-state index contributed by atoms with van der Waals surface area (Å²) in [6.45, 7) is 6.24. The summed E-state index contributed by atoms with van der Waals surface area (Å²) in [7, 11) is 0. The van der Waals surface area contributed by atoms with E-state index in [2.05, 4.69) is 12.2 Å². The average molecular weight is 185 g/mol. The standard InChI is InChI=1S/C11H23NO/c1-2-3-8-13-9-7-12-10-11-5-4-6-11/h11-12H,2-10H2,1H3. The molecule has 1 aliphatic carbocycles. The number of nitrogens with one attached hydrogen (secondary N) is 1. The number of unbranched alkanes of at least 4 members (excludes halogenated alkanes) is 1. The maximum Gasteiger partial charge on any atom is 0.0590 e. The highest BCUT2D eigenvalue weighted by Crippen LogP contribution is 2.24. The highest BCUT2D eigenvalue weighted by Gasteiger charge is 2.15. The Kier molecular flexibility index (Phi) is 6.21. The number of hydrogen-bond donors (Lipinski definition) is 1. The van der Waals surface area contributed by atoms with Crippen LogP contribution in [0.15, 0.2) is 0 Å². The Labute approximate surface area is 82.0 Å². The third-order valence-corrected chi connectivity index (χ3v) is 2.72. The molecule has 0 aromatic rings. The van der Waals surface area contributed by atoms with E-state index in [0.29, 0.717) is 0 Å². The summed E-state index contributed by atoms with van der Waals surface area (Å²) in [4.78, 5) is 0. The molecule has 78 valence electrons. The van der Waals surface area contributed by atoms with Crippen LogP contribution in [0.3, 0.4) is 0 Å². The third kappa shape index (κ3) is 5.27.